The first-order chi connectivity index (χ1) is 8.29. The number of hydrogen-bond donors (Lipinski definition) is 1. The molecule has 0 spiro atoms. The summed E-state index contributed by atoms with van der Waals surface area (Å²) >= 11 is 0. The molecular weight excluding hydrogens is 252 g/mol. The van der Waals surface area contributed by atoms with Gasteiger partial charge >= 0.3 is 0 Å². The molecule has 0 bridgehead atoms. The molecule has 1 aliphatic rings. The Morgan fingerprint density at radius 2 is 2.11 bits per heavy atom. The molecule has 0 aromatic rings. The van der Waals surface area contributed by atoms with Gasteiger partial charge in [-0.25, -0.2) is 8.42 Å². The summed E-state index contributed by atoms with van der Waals surface area (Å²) < 4.78 is 22.1. The number of piperidine rings is 1. The topological polar surface area (TPSA) is 66.5 Å². The van der Waals surface area contributed by atoms with Gasteiger partial charge in [0, 0.05) is 32.3 Å². The molecule has 106 valence electrons. The first-order valence-corrected chi connectivity index (χ1v) is 8.50. The molecule has 0 radical (unpaired) electrons. The average molecular weight is 276 g/mol. The van der Waals surface area contributed by atoms with Gasteiger partial charge in [0.25, 0.3) is 0 Å². The van der Waals surface area contributed by atoms with Gasteiger partial charge < -0.3 is 10.2 Å². The van der Waals surface area contributed by atoms with Crippen LogP contribution >= 0.6 is 0 Å². The minimum Gasteiger partial charge on any atom is -0.345 e. The molecule has 1 heterocycles. The predicted molar refractivity (Wildman–Crippen MR) is 72.2 cm³/mol. The second-order valence-corrected chi connectivity index (χ2v) is 7.59. The zero-order valence-corrected chi connectivity index (χ0v) is 12.3. The minimum atomic E-state index is -3.01. The quantitative estimate of drug-likeness (QED) is 0.782. The number of nitrogens with zero attached hydrogens (tertiary/aromatic N) is 1. The van der Waals surface area contributed by atoms with Crippen molar-refractivity contribution < 1.29 is 13.2 Å². The van der Waals surface area contributed by atoms with E-state index in [2.05, 4.69) is 12.2 Å². The molecule has 0 aromatic carbocycles. The van der Waals surface area contributed by atoms with Crippen LogP contribution in [0.5, 0.6) is 0 Å². The summed E-state index contributed by atoms with van der Waals surface area (Å²) in [6, 6.07) is 0.229. The first-order valence-electron chi connectivity index (χ1n) is 6.44. The highest BCUT2D eigenvalue weighted by Gasteiger charge is 2.24. The van der Waals surface area contributed by atoms with Crippen molar-refractivity contribution in [3.8, 4) is 0 Å². The molecule has 1 N–H and O–H groups in total. The van der Waals surface area contributed by atoms with Crippen LogP contribution in [0, 0.1) is 5.92 Å². The van der Waals surface area contributed by atoms with Crippen LogP contribution in [0.25, 0.3) is 0 Å². The number of hydrogen-bond acceptors (Lipinski definition) is 4. The van der Waals surface area contributed by atoms with Crippen molar-refractivity contribution in [1.82, 2.24) is 10.2 Å². The summed E-state index contributed by atoms with van der Waals surface area (Å²) in [5.74, 6) is 0.555. The van der Waals surface area contributed by atoms with E-state index in [9.17, 15) is 13.2 Å². The second-order valence-electron chi connectivity index (χ2n) is 5.33. The SMILES string of the molecule is CC1CCCNC1CC(=O)N(C)CCS(C)(=O)=O. The summed E-state index contributed by atoms with van der Waals surface area (Å²) in [5, 5.41) is 3.36. The molecule has 6 heteroatoms. The summed E-state index contributed by atoms with van der Waals surface area (Å²) in [5.41, 5.74) is 0. The molecule has 1 aliphatic heterocycles. The van der Waals surface area contributed by atoms with E-state index in [0.717, 1.165) is 19.4 Å². The maximum absolute atomic E-state index is 12.0. The van der Waals surface area contributed by atoms with Gasteiger partial charge in [0.1, 0.15) is 9.84 Å². The highest BCUT2D eigenvalue weighted by atomic mass is 32.2. The number of carbonyl (C=O) groups excluding carboxylic acids is 1. The molecule has 18 heavy (non-hydrogen) atoms. The Labute approximate surface area is 110 Å². The second kappa shape index (κ2) is 6.52. The van der Waals surface area contributed by atoms with Crippen LogP contribution in [0.4, 0.5) is 0 Å². The lowest BCUT2D eigenvalue weighted by Crippen LogP contribution is -2.44. The van der Waals surface area contributed by atoms with Gasteiger partial charge in [-0.1, -0.05) is 6.92 Å². The van der Waals surface area contributed by atoms with Gasteiger partial charge in [-0.3, -0.25) is 4.79 Å². The van der Waals surface area contributed by atoms with Crippen LogP contribution in [0.1, 0.15) is 26.2 Å². The maximum Gasteiger partial charge on any atom is 0.223 e. The van der Waals surface area contributed by atoms with E-state index in [1.165, 1.54) is 11.2 Å². The molecule has 0 aliphatic carbocycles. The van der Waals surface area contributed by atoms with Crippen LogP contribution in [0.2, 0.25) is 0 Å². The van der Waals surface area contributed by atoms with Gasteiger partial charge in [0.15, 0.2) is 0 Å². The zero-order valence-electron chi connectivity index (χ0n) is 11.5. The molecule has 1 fully saturated rings. The van der Waals surface area contributed by atoms with Crippen LogP contribution in [0.15, 0.2) is 0 Å². The fraction of sp³-hybridized carbons (Fsp3) is 0.917. The van der Waals surface area contributed by atoms with Crippen LogP contribution < -0.4 is 5.32 Å². The largest absolute Gasteiger partial charge is 0.345 e. The lowest BCUT2D eigenvalue weighted by molar-refractivity contribution is -0.130. The monoisotopic (exact) mass is 276 g/mol. The minimum absolute atomic E-state index is 0.0184. The van der Waals surface area contributed by atoms with Crippen molar-refractivity contribution in [1.29, 1.82) is 0 Å². The third kappa shape index (κ3) is 5.35. The Kier molecular flexibility index (Phi) is 5.59. The van der Waals surface area contributed by atoms with E-state index >= 15 is 0 Å². The lowest BCUT2D eigenvalue weighted by Gasteiger charge is -2.31. The highest BCUT2D eigenvalue weighted by molar-refractivity contribution is 7.90. The summed E-state index contributed by atoms with van der Waals surface area (Å²) in [6.45, 7) is 3.40. The van der Waals surface area contributed by atoms with E-state index in [4.69, 9.17) is 0 Å². The van der Waals surface area contributed by atoms with E-state index in [1.54, 1.807) is 7.05 Å². The van der Waals surface area contributed by atoms with Crippen molar-refractivity contribution in [2.75, 3.05) is 32.1 Å². The third-order valence-electron chi connectivity index (χ3n) is 3.55. The molecule has 5 nitrogen and oxygen atoms in total. The normalized spacial score (nSPS) is 24.8. The van der Waals surface area contributed by atoms with Gasteiger partial charge in [-0.05, 0) is 25.3 Å². The Hall–Kier alpha value is -0.620. The van der Waals surface area contributed by atoms with Crippen molar-refractivity contribution in [3.63, 3.8) is 0 Å². The summed E-state index contributed by atoms with van der Waals surface area (Å²) in [6.07, 6.45) is 3.96. The molecule has 0 aromatic heterocycles. The molecule has 1 rings (SSSR count). The molecule has 0 saturated carbocycles. The van der Waals surface area contributed by atoms with Crippen molar-refractivity contribution in [2.45, 2.75) is 32.2 Å². The average Bonchev–Trinajstić information content (AvgIpc) is 2.28. The van der Waals surface area contributed by atoms with Gasteiger partial charge in [-0.2, -0.15) is 0 Å². The van der Waals surface area contributed by atoms with E-state index < -0.39 is 9.84 Å². The fourth-order valence-corrected chi connectivity index (χ4v) is 2.76. The number of amides is 1. The fourth-order valence-electron chi connectivity index (χ4n) is 2.16. The first kappa shape index (κ1) is 15.4. The number of sulfone groups is 1. The van der Waals surface area contributed by atoms with Crippen LogP contribution in [0.3, 0.4) is 0 Å². The Balaban J connectivity index is 2.39. The Morgan fingerprint density at radius 3 is 2.67 bits per heavy atom. The van der Waals surface area contributed by atoms with Crippen molar-refractivity contribution in [2.24, 2.45) is 5.92 Å². The standard InChI is InChI=1S/C12H24N2O3S/c1-10-5-4-6-13-11(10)9-12(15)14(2)7-8-18(3,16)17/h10-11,13H,4-9H2,1-3H3. The number of rotatable bonds is 5. The highest BCUT2D eigenvalue weighted by Crippen LogP contribution is 2.18. The molecular formula is C12H24N2O3S. The molecule has 2 unspecified atom stereocenters. The molecule has 1 amide bonds. The van der Waals surface area contributed by atoms with Gasteiger partial charge in [0.2, 0.25) is 5.91 Å². The maximum atomic E-state index is 12.0. The predicted octanol–water partition coefficient (Wildman–Crippen LogP) is 0.268. The molecule has 1 saturated heterocycles. The molecule has 2 atom stereocenters. The van der Waals surface area contributed by atoms with Crippen molar-refractivity contribution in [3.05, 3.63) is 0 Å². The lowest BCUT2D eigenvalue weighted by atomic mass is 9.90. The number of nitrogens with one attached hydrogen (secondary N) is 1. The van der Waals surface area contributed by atoms with Gasteiger partial charge in [0.05, 0.1) is 5.75 Å². The van der Waals surface area contributed by atoms with E-state index in [1.807, 2.05) is 0 Å². The zero-order chi connectivity index (χ0) is 13.8. The Bertz CT molecular complexity index is 381. The van der Waals surface area contributed by atoms with Crippen molar-refractivity contribution >= 4 is 15.7 Å². The van der Waals surface area contributed by atoms with E-state index in [-0.39, 0.29) is 24.2 Å². The van der Waals surface area contributed by atoms with Crippen LogP contribution in [-0.4, -0.2) is 57.4 Å². The number of carbonyl (C=O) groups is 1. The van der Waals surface area contributed by atoms with Crippen LogP contribution in [-0.2, 0) is 14.6 Å². The Morgan fingerprint density at radius 1 is 1.44 bits per heavy atom. The third-order valence-corrected chi connectivity index (χ3v) is 4.47. The smallest absolute Gasteiger partial charge is 0.223 e. The van der Waals surface area contributed by atoms with Gasteiger partial charge in [-0.15, -0.1) is 0 Å². The van der Waals surface area contributed by atoms with E-state index in [0.29, 0.717) is 12.3 Å². The summed E-state index contributed by atoms with van der Waals surface area (Å²) in [7, 11) is -1.34. The summed E-state index contributed by atoms with van der Waals surface area (Å²) in [4.78, 5) is 13.5.